The van der Waals surface area contributed by atoms with Crippen LogP contribution < -0.4 is 0 Å². The van der Waals surface area contributed by atoms with Crippen molar-refractivity contribution in [2.45, 2.75) is 46.1 Å². The molecule has 1 heterocycles. The Morgan fingerprint density at radius 3 is 2.43 bits per heavy atom. The fourth-order valence-corrected chi connectivity index (χ4v) is 1.86. The third-order valence-electron chi connectivity index (χ3n) is 2.53. The van der Waals surface area contributed by atoms with Gasteiger partial charge in [0.05, 0.1) is 12.3 Å². The van der Waals surface area contributed by atoms with Gasteiger partial charge in [-0.1, -0.05) is 0 Å². The van der Waals surface area contributed by atoms with Crippen molar-refractivity contribution in [1.29, 1.82) is 0 Å². The van der Waals surface area contributed by atoms with Crippen LogP contribution in [0.3, 0.4) is 0 Å². The van der Waals surface area contributed by atoms with E-state index in [2.05, 4.69) is 20.9 Å². The van der Waals surface area contributed by atoms with Crippen LogP contribution in [0.15, 0.2) is 16.7 Å². The molecule has 0 amide bonds. The minimum atomic E-state index is -1.17. The normalized spacial score (nSPS) is 12.7. The standard InChI is InChI=1S/C15H20BrNO4/c1-6-20-13(18)12(14(19)21-15(3,4)5)11-7-9(2)10(16)8-17-11/h7-8,12H,6H2,1-5H3. The highest BCUT2D eigenvalue weighted by molar-refractivity contribution is 9.10. The van der Waals surface area contributed by atoms with Crippen LogP contribution in [0.2, 0.25) is 0 Å². The van der Waals surface area contributed by atoms with Crippen molar-refractivity contribution in [3.8, 4) is 0 Å². The van der Waals surface area contributed by atoms with E-state index in [0.29, 0.717) is 5.69 Å². The van der Waals surface area contributed by atoms with E-state index in [9.17, 15) is 9.59 Å². The number of carbonyl (C=O) groups excluding carboxylic acids is 2. The molecule has 1 aromatic rings. The van der Waals surface area contributed by atoms with E-state index in [-0.39, 0.29) is 6.61 Å². The summed E-state index contributed by atoms with van der Waals surface area (Å²) in [6.07, 6.45) is 1.56. The highest BCUT2D eigenvalue weighted by Crippen LogP contribution is 2.24. The molecule has 0 aliphatic carbocycles. The first-order chi connectivity index (χ1) is 9.65. The van der Waals surface area contributed by atoms with E-state index >= 15 is 0 Å². The van der Waals surface area contributed by atoms with Gasteiger partial charge >= 0.3 is 11.9 Å². The lowest BCUT2D eigenvalue weighted by molar-refractivity contribution is -0.164. The van der Waals surface area contributed by atoms with Crippen LogP contribution in [0.5, 0.6) is 0 Å². The zero-order chi connectivity index (χ0) is 16.2. The predicted molar refractivity (Wildman–Crippen MR) is 81.9 cm³/mol. The maximum atomic E-state index is 12.3. The lowest BCUT2D eigenvalue weighted by Gasteiger charge is -2.23. The number of pyridine rings is 1. The maximum Gasteiger partial charge on any atom is 0.327 e. The van der Waals surface area contributed by atoms with Crippen molar-refractivity contribution in [1.82, 2.24) is 4.98 Å². The number of carbonyl (C=O) groups is 2. The number of aryl methyl sites for hydroxylation is 1. The summed E-state index contributed by atoms with van der Waals surface area (Å²) in [5, 5.41) is 0. The Hall–Kier alpha value is -1.43. The van der Waals surface area contributed by atoms with Gasteiger partial charge < -0.3 is 9.47 Å². The summed E-state index contributed by atoms with van der Waals surface area (Å²) in [5.74, 6) is -2.48. The molecule has 0 N–H and O–H groups in total. The van der Waals surface area contributed by atoms with Crippen LogP contribution in [0.25, 0.3) is 0 Å². The van der Waals surface area contributed by atoms with Crippen LogP contribution >= 0.6 is 15.9 Å². The SMILES string of the molecule is CCOC(=O)C(C(=O)OC(C)(C)C)c1cc(C)c(Br)cn1. The van der Waals surface area contributed by atoms with E-state index in [4.69, 9.17) is 9.47 Å². The van der Waals surface area contributed by atoms with Gasteiger partial charge in [-0.25, -0.2) is 0 Å². The summed E-state index contributed by atoms with van der Waals surface area (Å²) in [4.78, 5) is 28.5. The molecule has 21 heavy (non-hydrogen) atoms. The Morgan fingerprint density at radius 2 is 1.95 bits per heavy atom. The molecule has 0 aliphatic rings. The average molecular weight is 358 g/mol. The molecule has 1 atom stereocenters. The molecule has 1 aromatic heterocycles. The Bertz CT molecular complexity index is 537. The monoisotopic (exact) mass is 357 g/mol. The highest BCUT2D eigenvalue weighted by atomic mass is 79.9. The smallest absolute Gasteiger partial charge is 0.327 e. The molecule has 1 unspecified atom stereocenters. The second kappa shape index (κ2) is 7.02. The van der Waals surface area contributed by atoms with E-state index in [0.717, 1.165) is 10.0 Å². The van der Waals surface area contributed by atoms with Crippen molar-refractivity contribution < 1.29 is 19.1 Å². The van der Waals surface area contributed by atoms with Crippen molar-refractivity contribution in [2.24, 2.45) is 0 Å². The number of hydrogen-bond donors (Lipinski definition) is 0. The zero-order valence-electron chi connectivity index (χ0n) is 12.9. The quantitative estimate of drug-likeness (QED) is 0.611. The molecule has 0 radical (unpaired) electrons. The molecule has 5 nitrogen and oxygen atoms in total. The highest BCUT2D eigenvalue weighted by Gasteiger charge is 2.35. The van der Waals surface area contributed by atoms with Crippen LogP contribution in [-0.2, 0) is 19.1 Å². The van der Waals surface area contributed by atoms with E-state index in [1.54, 1.807) is 40.0 Å². The van der Waals surface area contributed by atoms with Crippen LogP contribution in [0.4, 0.5) is 0 Å². The first kappa shape index (κ1) is 17.6. The van der Waals surface area contributed by atoms with Gasteiger partial charge in [0.15, 0.2) is 5.92 Å². The molecular weight excluding hydrogens is 338 g/mol. The Labute approximate surface area is 133 Å². The van der Waals surface area contributed by atoms with Gasteiger partial charge in [-0.15, -0.1) is 0 Å². The van der Waals surface area contributed by atoms with Gasteiger partial charge in [-0.2, -0.15) is 0 Å². The summed E-state index contributed by atoms with van der Waals surface area (Å²) in [6, 6.07) is 1.68. The van der Waals surface area contributed by atoms with E-state index in [1.807, 2.05) is 6.92 Å². The van der Waals surface area contributed by atoms with Gasteiger partial charge in [0.1, 0.15) is 5.60 Å². The van der Waals surface area contributed by atoms with Gasteiger partial charge in [0, 0.05) is 10.7 Å². The van der Waals surface area contributed by atoms with Gasteiger partial charge in [-0.05, 0) is 62.2 Å². The predicted octanol–water partition coefficient (Wildman–Crippen LogP) is 3.14. The second-order valence-electron chi connectivity index (χ2n) is 5.58. The fraction of sp³-hybridized carbons (Fsp3) is 0.533. The first-order valence-corrected chi connectivity index (χ1v) is 7.46. The largest absolute Gasteiger partial charge is 0.465 e. The summed E-state index contributed by atoms with van der Waals surface area (Å²) in [5.41, 5.74) is 0.507. The van der Waals surface area contributed by atoms with Gasteiger partial charge in [-0.3, -0.25) is 14.6 Å². The average Bonchev–Trinajstić information content (AvgIpc) is 2.32. The van der Waals surface area contributed by atoms with Gasteiger partial charge in [0.25, 0.3) is 0 Å². The van der Waals surface area contributed by atoms with E-state index < -0.39 is 23.5 Å². The van der Waals surface area contributed by atoms with Gasteiger partial charge in [0.2, 0.25) is 0 Å². The second-order valence-corrected chi connectivity index (χ2v) is 6.43. The number of rotatable bonds is 4. The third-order valence-corrected chi connectivity index (χ3v) is 3.36. The third kappa shape index (κ3) is 5.12. The summed E-state index contributed by atoms with van der Waals surface area (Å²) in [7, 11) is 0. The van der Waals surface area contributed by atoms with Crippen molar-refractivity contribution in [3.63, 3.8) is 0 Å². The van der Waals surface area contributed by atoms with Crippen molar-refractivity contribution >= 4 is 27.9 Å². The number of ether oxygens (including phenoxy) is 2. The van der Waals surface area contributed by atoms with Crippen LogP contribution in [-0.4, -0.2) is 29.1 Å². The number of aromatic nitrogens is 1. The van der Waals surface area contributed by atoms with Crippen LogP contribution in [0, 0.1) is 6.92 Å². The molecule has 1 rings (SSSR count). The zero-order valence-corrected chi connectivity index (χ0v) is 14.5. The molecule has 0 aliphatic heterocycles. The minimum Gasteiger partial charge on any atom is -0.465 e. The Kier molecular flexibility index (Phi) is 5.89. The minimum absolute atomic E-state index is 0.188. The summed E-state index contributed by atoms with van der Waals surface area (Å²) >= 11 is 3.34. The molecule has 0 saturated carbocycles. The molecule has 0 spiro atoms. The van der Waals surface area contributed by atoms with Crippen LogP contribution in [0.1, 0.15) is 44.9 Å². The van der Waals surface area contributed by atoms with Crippen molar-refractivity contribution in [2.75, 3.05) is 6.61 Å². The Balaban J connectivity index is 3.15. The molecule has 0 saturated heterocycles. The molecule has 0 bridgehead atoms. The maximum absolute atomic E-state index is 12.3. The number of hydrogen-bond acceptors (Lipinski definition) is 5. The Morgan fingerprint density at radius 1 is 1.33 bits per heavy atom. The topological polar surface area (TPSA) is 65.5 Å². The molecular formula is C15H20BrNO4. The number of halogens is 1. The summed E-state index contributed by atoms with van der Waals surface area (Å²) in [6.45, 7) is 8.96. The lowest BCUT2D eigenvalue weighted by atomic mass is 10.0. The number of nitrogens with zero attached hydrogens (tertiary/aromatic N) is 1. The number of esters is 2. The fourth-order valence-electron chi connectivity index (χ4n) is 1.64. The molecule has 0 fully saturated rings. The first-order valence-electron chi connectivity index (χ1n) is 6.67. The van der Waals surface area contributed by atoms with E-state index in [1.165, 1.54) is 0 Å². The van der Waals surface area contributed by atoms with Crippen molar-refractivity contribution in [3.05, 3.63) is 28.0 Å². The molecule has 0 aromatic carbocycles. The molecule has 6 heteroatoms. The summed E-state index contributed by atoms with van der Waals surface area (Å²) < 4.78 is 11.1. The molecule has 116 valence electrons. The lowest BCUT2D eigenvalue weighted by Crippen LogP contribution is -2.33.